The Morgan fingerprint density at radius 1 is 1.10 bits per heavy atom. The number of methoxy groups -OCH3 is 1. The molecule has 1 N–H and O–H groups in total. The average molecular weight is 419 g/mol. The van der Waals surface area contributed by atoms with E-state index in [1.165, 1.54) is 30.5 Å². The third kappa shape index (κ3) is 4.28. The molecule has 5 rings (SSSR count). The van der Waals surface area contributed by atoms with Crippen molar-refractivity contribution >= 4 is 5.95 Å². The van der Waals surface area contributed by atoms with Gasteiger partial charge in [-0.15, -0.1) is 0 Å². The fraction of sp³-hybridized carbons (Fsp3) is 0.458. The summed E-state index contributed by atoms with van der Waals surface area (Å²) in [6.07, 6.45) is 8.55. The monoisotopic (exact) mass is 418 g/mol. The van der Waals surface area contributed by atoms with E-state index < -0.39 is 0 Å². The van der Waals surface area contributed by atoms with Crippen LogP contribution >= 0.6 is 0 Å². The van der Waals surface area contributed by atoms with Gasteiger partial charge in [-0.2, -0.15) is 5.10 Å². The molecule has 0 radical (unpaired) electrons. The highest BCUT2D eigenvalue weighted by Gasteiger charge is 2.26. The van der Waals surface area contributed by atoms with Gasteiger partial charge in [0.2, 0.25) is 5.95 Å². The van der Waals surface area contributed by atoms with Crippen LogP contribution in [0.25, 0.3) is 11.3 Å². The third-order valence-electron chi connectivity index (χ3n) is 6.48. The Morgan fingerprint density at radius 3 is 2.84 bits per heavy atom. The largest absolute Gasteiger partial charge is 0.496 e. The summed E-state index contributed by atoms with van der Waals surface area (Å²) in [4.78, 5) is 14.2. The molecule has 2 fully saturated rings. The van der Waals surface area contributed by atoms with Crippen molar-refractivity contribution in [1.82, 2.24) is 25.1 Å². The van der Waals surface area contributed by atoms with Gasteiger partial charge in [-0.3, -0.25) is 10.00 Å². The van der Waals surface area contributed by atoms with E-state index in [9.17, 15) is 0 Å². The fourth-order valence-corrected chi connectivity index (χ4v) is 4.89. The molecule has 1 atom stereocenters. The van der Waals surface area contributed by atoms with E-state index in [1.54, 1.807) is 7.11 Å². The topological polar surface area (TPSA) is 70.2 Å². The zero-order valence-electron chi connectivity index (χ0n) is 18.1. The lowest BCUT2D eigenvalue weighted by Gasteiger charge is -2.33. The molecule has 7 heteroatoms. The Balaban J connectivity index is 1.35. The summed E-state index contributed by atoms with van der Waals surface area (Å²) < 4.78 is 5.56. The number of hydrogen-bond acceptors (Lipinski definition) is 6. The highest BCUT2D eigenvalue weighted by Crippen LogP contribution is 2.34. The van der Waals surface area contributed by atoms with E-state index in [4.69, 9.17) is 9.72 Å². The second-order valence-electron chi connectivity index (χ2n) is 8.52. The van der Waals surface area contributed by atoms with Crippen molar-refractivity contribution in [1.29, 1.82) is 0 Å². The van der Waals surface area contributed by atoms with Crippen molar-refractivity contribution in [2.24, 2.45) is 0 Å². The van der Waals surface area contributed by atoms with Crippen LogP contribution in [0.4, 0.5) is 5.95 Å². The Bertz CT molecular complexity index is 1010. The van der Waals surface area contributed by atoms with Crippen LogP contribution in [0.1, 0.15) is 42.9 Å². The molecule has 0 unspecified atom stereocenters. The molecule has 2 aliphatic heterocycles. The zero-order chi connectivity index (χ0) is 21.0. The van der Waals surface area contributed by atoms with Gasteiger partial charge in [-0.1, -0.05) is 18.2 Å². The predicted octanol–water partition coefficient (Wildman–Crippen LogP) is 3.86. The second-order valence-corrected chi connectivity index (χ2v) is 8.52. The zero-order valence-corrected chi connectivity index (χ0v) is 18.1. The van der Waals surface area contributed by atoms with Crippen LogP contribution < -0.4 is 9.64 Å². The Labute approximate surface area is 183 Å². The van der Waals surface area contributed by atoms with Gasteiger partial charge < -0.3 is 9.64 Å². The highest BCUT2D eigenvalue weighted by molar-refractivity contribution is 5.63. The minimum absolute atomic E-state index is 0.408. The number of nitrogens with zero attached hydrogens (tertiary/aromatic N) is 5. The molecule has 0 spiro atoms. The maximum atomic E-state index is 5.56. The summed E-state index contributed by atoms with van der Waals surface area (Å²) in [5.74, 6) is 2.21. The van der Waals surface area contributed by atoms with Gasteiger partial charge in [0.25, 0.3) is 0 Å². The van der Waals surface area contributed by atoms with Gasteiger partial charge in [0.15, 0.2) is 0 Å². The first-order valence-corrected chi connectivity index (χ1v) is 11.3. The number of likely N-dealkylation sites (tertiary alicyclic amines) is 1. The van der Waals surface area contributed by atoms with Crippen molar-refractivity contribution < 1.29 is 4.74 Å². The lowest BCUT2D eigenvalue weighted by atomic mass is 9.91. The summed E-state index contributed by atoms with van der Waals surface area (Å²) >= 11 is 0. The average Bonchev–Trinajstić information content (AvgIpc) is 3.52. The van der Waals surface area contributed by atoms with Gasteiger partial charge >= 0.3 is 0 Å². The highest BCUT2D eigenvalue weighted by atomic mass is 16.5. The molecule has 1 aromatic carbocycles. The molecule has 0 aliphatic carbocycles. The van der Waals surface area contributed by atoms with Crippen molar-refractivity contribution in [2.75, 3.05) is 38.2 Å². The van der Waals surface area contributed by atoms with Crippen LogP contribution in [-0.2, 0) is 6.54 Å². The van der Waals surface area contributed by atoms with Crippen LogP contribution in [0.5, 0.6) is 5.75 Å². The van der Waals surface area contributed by atoms with E-state index >= 15 is 0 Å². The lowest BCUT2D eigenvalue weighted by Crippen LogP contribution is -2.34. The Kier molecular flexibility index (Phi) is 5.84. The van der Waals surface area contributed by atoms with Crippen molar-refractivity contribution in [3.05, 3.63) is 54.0 Å². The number of H-pyrrole nitrogens is 1. The molecule has 0 amide bonds. The number of ether oxygens (including phenoxy) is 1. The maximum absolute atomic E-state index is 5.56. The molecule has 31 heavy (non-hydrogen) atoms. The Morgan fingerprint density at radius 2 is 1.97 bits per heavy atom. The summed E-state index contributed by atoms with van der Waals surface area (Å²) in [6.45, 7) is 5.09. The van der Waals surface area contributed by atoms with E-state index in [-0.39, 0.29) is 0 Å². The molecule has 162 valence electrons. The maximum Gasteiger partial charge on any atom is 0.225 e. The van der Waals surface area contributed by atoms with Gasteiger partial charge in [0.1, 0.15) is 5.75 Å². The first-order valence-electron chi connectivity index (χ1n) is 11.3. The number of piperidine rings is 1. The second kappa shape index (κ2) is 9.06. The molecule has 0 bridgehead atoms. The smallest absolute Gasteiger partial charge is 0.225 e. The normalized spacial score (nSPS) is 19.6. The van der Waals surface area contributed by atoms with Gasteiger partial charge in [0, 0.05) is 55.1 Å². The number of nitrogens with one attached hydrogen (secondary N) is 1. The quantitative estimate of drug-likeness (QED) is 0.656. The SMILES string of the molecule is COc1ccccc1CN1CCC[C@@H](c2[nH]ncc2-c2ccnc(N3CCCC3)n2)C1. The van der Waals surface area contributed by atoms with Gasteiger partial charge in [-0.05, 0) is 44.4 Å². The molecule has 7 nitrogen and oxygen atoms in total. The van der Waals surface area contributed by atoms with Crippen LogP contribution in [0, 0.1) is 0 Å². The third-order valence-corrected chi connectivity index (χ3v) is 6.48. The van der Waals surface area contributed by atoms with Gasteiger partial charge in [0.05, 0.1) is 19.0 Å². The van der Waals surface area contributed by atoms with E-state index in [0.717, 1.165) is 62.1 Å². The number of aromatic amines is 1. The van der Waals surface area contributed by atoms with Crippen LogP contribution in [-0.4, -0.2) is 58.4 Å². The minimum atomic E-state index is 0.408. The van der Waals surface area contributed by atoms with E-state index in [2.05, 4.69) is 37.1 Å². The van der Waals surface area contributed by atoms with E-state index in [0.29, 0.717) is 5.92 Å². The molecule has 2 aliphatic rings. The van der Waals surface area contributed by atoms with E-state index in [1.807, 2.05) is 30.6 Å². The molecular weight excluding hydrogens is 388 g/mol. The molecule has 4 heterocycles. The standard InChI is InChI=1S/C24H30N6O/c1-31-22-9-3-2-7-18(22)16-29-12-6-8-19(17-29)23-20(15-26-28-23)21-10-11-25-24(27-21)30-13-4-5-14-30/h2-3,7,9-11,15,19H,4-6,8,12-14,16-17H2,1H3,(H,26,28)/t19-/m1/s1. The molecule has 2 saturated heterocycles. The molecule has 3 aromatic rings. The Hall–Kier alpha value is -2.93. The van der Waals surface area contributed by atoms with Crippen LogP contribution in [0.2, 0.25) is 0 Å². The molecule has 0 saturated carbocycles. The van der Waals surface area contributed by atoms with Crippen LogP contribution in [0.3, 0.4) is 0 Å². The molecular formula is C24H30N6O. The minimum Gasteiger partial charge on any atom is -0.496 e. The number of aromatic nitrogens is 4. The number of rotatable bonds is 6. The summed E-state index contributed by atoms with van der Waals surface area (Å²) in [5, 5.41) is 7.69. The summed E-state index contributed by atoms with van der Waals surface area (Å²) in [5.41, 5.74) is 4.49. The molecule has 2 aromatic heterocycles. The van der Waals surface area contributed by atoms with Crippen molar-refractivity contribution in [2.45, 2.75) is 38.1 Å². The predicted molar refractivity (Wildman–Crippen MR) is 121 cm³/mol. The summed E-state index contributed by atoms with van der Waals surface area (Å²) in [7, 11) is 1.74. The number of para-hydroxylation sites is 1. The number of benzene rings is 1. The van der Waals surface area contributed by atoms with Crippen molar-refractivity contribution in [3.63, 3.8) is 0 Å². The lowest BCUT2D eigenvalue weighted by molar-refractivity contribution is 0.196. The first kappa shape index (κ1) is 20.0. The first-order chi connectivity index (χ1) is 15.3. The van der Waals surface area contributed by atoms with Crippen LogP contribution in [0.15, 0.2) is 42.7 Å². The van der Waals surface area contributed by atoms with Gasteiger partial charge in [-0.25, -0.2) is 9.97 Å². The summed E-state index contributed by atoms with van der Waals surface area (Å²) in [6, 6.07) is 10.3. The number of hydrogen-bond donors (Lipinski definition) is 1. The van der Waals surface area contributed by atoms with Crippen molar-refractivity contribution in [3.8, 4) is 17.0 Å². The number of anilines is 1. The fourth-order valence-electron chi connectivity index (χ4n) is 4.89.